The van der Waals surface area contributed by atoms with Crippen LogP contribution in [0.4, 0.5) is 0 Å². The zero-order valence-electron chi connectivity index (χ0n) is 10.6. The predicted octanol–water partition coefficient (Wildman–Crippen LogP) is 2.30. The summed E-state index contributed by atoms with van der Waals surface area (Å²) in [7, 11) is 1.27. The number of hydrogen-bond donors (Lipinski definition) is 0. The summed E-state index contributed by atoms with van der Waals surface area (Å²) in [6.45, 7) is 1.83. The number of halogens is 1. The molecule has 1 aromatic heterocycles. The molecule has 1 saturated heterocycles. The highest BCUT2D eigenvalue weighted by atomic mass is 35.7. The smallest absolute Gasteiger partial charge is 0.274 e. The first-order valence-corrected chi connectivity index (χ1v) is 8.27. The minimum atomic E-state index is -4.06. The fourth-order valence-corrected chi connectivity index (χ4v) is 3.85. The number of aryl methyl sites for hydroxylation is 1. The van der Waals surface area contributed by atoms with Crippen molar-refractivity contribution in [1.29, 1.82) is 0 Å². The Bertz CT molecular complexity index is 819. The van der Waals surface area contributed by atoms with Crippen molar-refractivity contribution < 1.29 is 13.2 Å². The summed E-state index contributed by atoms with van der Waals surface area (Å²) in [5, 5.41) is 0.834. The van der Waals surface area contributed by atoms with Gasteiger partial charge in [0.1, 0.15) is 0 Å². The molecule has 1 amide bonds. The number of benzene rings is 1. The van der Waals surface area contributed by atoms with E-state index in [1.807, 2.05) is 31.2 Å². The van der Waals surface area contributed by atoms with E-state index in [-0.39, 0.29) is 6.42 Å². The monoisotopic (exact) mass is 310 g/mol. The van der Waals surface area contributed by atoms with Crippen LogP contribution in [0.1, 0.15) is 23.7 Å². The number of amides is 1. The molecule has 1 aliphatic heterocycles. The maximum absolute atomic E-state index is 11.5. The second kappa shape index (κ2) is 4.43. The van der Waals surface area contributed by atoms with E-state index >= 15 is 0 Å². The standard InChI is InChI=1S/C13H11ClN2O3S/c1-8-6-10(9-4-2-3-5-11(9)15-8)12-7-13(17)16(12)20(14,18)19/h2-6,12H,7H2,1H3. The highest BCUT2D eigenvalue weighted by Gasteiger charge is 2.45. The predicted molar refractivity (Wildman–Crippen MR) is 75.5 cm³/mol. The van der Waals surface area contributed by atoms with E-state index in [1.165, 1.54) is 0 Å². The highest BCUT2D eigenvalue weighted by molar-refractivity contribution is 8.12. The number of nitrogens with zero attached hydrogens (tertiary/aromatic N) is 2. The molecule has 0 spiro atoms. The van der Waals surface area contributed by atoms with Crippen molar-refractivity contribution in [3.05, 3.63) is 41.6 Å². The largest absolute Gasteiger partial charge is 0.324 e. The number of carbonyl (C=O) groups is 1. The molecule has 0 aliphatic carbocycles. The number of carbonyl (C=O) groups excluding carboxylic acids is 1. The van der Waals surface area contributed by atoms with Gasteiger partial charge in [0.15, 0.2) is 0 Å². The molecule has 1 aromatic carbocycles. The fourth-order valence-electron chi connectivity index (χ4n) is 2.53. The quantitative estimate of drug-likeness (QED) is 0.630. The van der Waals surface area contributed by atoms with Crippen LogP contribution in [-0.4, -0.2) is 23.6 Å². The first-order valence-electron chi connectivity index (χ1n) is 6.01. The van der Waals surface area contributed by atoms with Crippen LogP contribution in [0.5, 0.6) is 0 Å². The number of fused-ring (bicyclic) bond motifs is 1. The van der Waals surface area contributed by atoms with Gasteiger partial charge in [-0.3, -0.25) is 9.78 Å². The van der Waals surface area contributed by atoms with Gasteiger partial charge in [0.2, 0.25) is 5.91 Å². The Morgan fingerprint density at radius 2 is 2.05 bits per heavy atom. The molecule has 0 radical (unpaired) electrons. The van der Waals surface area contributed by atoms with Gasteiger partial charge in [-0.1, -0.05) is 18.2 Å². The van der Waals surface area contributed by atoms with Crippen LogP contribution in [0.15, 0.2) is 30.3 Å². The van der Waals surface area contributed by atoms with E-state index in [4.69, 9.17) is 10.7 Å². The van der Waals surface area contributed by atoms with E-state index in [0.717, 1.165) is 26.5 Å². The Balaban J connectivity index is 2.18. The number of β-lactam (4-membered cyclic amide) rings is 1. The SMILES string of the molecule is Cc1cc(C2CC(=O)N2S(=O)(=O)Cl)c2ccccc2n1. The van der Waals surface area contributed by atoms with E-state index in [0.29, 0.717) is 0 Å². The van der Waals surface area contributed by atoms with Crippen LogP contribution in [-0.2, 0) is 14.0 Å². The highest BCUT2D eigenvalue weighted by Crippen LogP contribution is 2.40. The lowest BCUT2D eigenvalue weighted by Crippen LogP contribution is -2.48. The average Bonchev–Trinajstić information content (AvgIpc) is 2.32. The van der Waals surface area contributed by atoms with Crippen LogP contribution in [0.2, 0.25) is 0 Å². The minimum absolute atomic E-state index is 0.138. The van der Waals surface area contributed by atoms with Gasteiger partial charge in [-0.15, -0.1) is 0 Å². The molecule has 0 saturated carbocycles. The fraction of sp³-hybridized carbons (Fsp3) is 0.231. The second-order valence-corrected chi connectivity index (χ2v) is 7.11. The average molecular weight is 311 g/mol. The van der Waals surface area contributed by atoms with Crippen LogP contribution in [0.3, 0.4) is 0 Å². The summed E-state index contributed by atoms with van der Waals surface area (Å²) >= 11 is 0. The van der Waals surface area contributed by atoms with Gasteiger partial charge in [0, 0.05) is 21.8 Å². The normalized spacial score (nSPS) is 19.2. The number of rotatable bonds is 2. The minimum Gasteiger partial charge on any atom is -0.274 e. The van der Waals surface area contributed by atoms with Gasteiger partial charge in [-0.2, -0.15) is 8.42 Å². The first-order chi connectivity index (χ1) is 9.38. The van der Waals surface area contributed by atoms with Crippen molar-refractivity contribution >= 4 is 36.7 Å². The van der Waals surface area contributed by atoms with Gasteiger partial charge in [0.25, 0.3) is 0 Å². The molecule has 7 heteroatoms. The summed E-state index contributed by atoms with van der Waals surface area (Å²) in [6, 6.07) is 8.68. The topological polar surface area (TPSA) is 67.3 Å². The number of hydrogen-bond acceptors (Lipinski definition) is 4. The molecule has 20 heavy (non-hydrogen) atoms. The summed E-state index contributed by atoms with van der Waals surface area (Å²) in [4.78, 5) is 15.9. The molecule has 0 bridgehead atoms. The molecule has 1 unspecified atom stereocenters. The molecule has 2 aromatic rings. The molecule has 1 fully saturated rings. The molecule has 1 atom stereocenters. The molecule has 1 aliphatic rings. The molecular formula is C13H11ClN2O3S. The summed E-state index contributed by atoms with van der Waals surface area (Å²) < 4.78 is 23.7. The van der Waals surface area contributed by atoms with E-state index in [2.05, 4.69) is 4.98 Å². The van der Waals surface area contributed by atoms with Crippen molar-refractivity contribution in [3.8, 4) is 0 Å². The summed E-state index contributed by atoms with van der Waals surface area (Å²) in [5.74, 6) is -0.483. The third kappa shape index (κ3) is 2.05. The summed E-state index contributed by atoms with van der Waals surface area (Å²) in [5.41, 5.74) is 2.30. The molecule has 104 valence electrons. The Morgan fingerprint density at radius 3 is 2.70 bits per heavy atom. The Kier molecular flexibility index (Phi) is 2.95. The van der Waals surface area contributed by atoms with Crippen molar-refractivity contribution in [1.82, 2.24) is 9.29 Å². The Hall–Kier alpha value is -1.66. The lowest BCUT2D eigenvalue weighted by Gasteiger charge is -2.37. The third-order valence-electron chi connectivity index (χ3n) is 3.37. The Morgan fingerprint density at radius 1 is 1.35 bits per heavy atom. The van der Waals surface area contributed by atoms with Crippen molar-refractivity contribution in [2.24, 2.45) is 0 Å². The van der Waals surface area contributed by atoms with E-state index in [1.54, 1.807) is 6.07 Å². The van der Waals surface area contributed by atoms with E-state index < -0.39 is 21.2 Å². The number of aromatic nitrogens is 1. The lowest BCUT2D eigenvalue weighted by molar-refractivity contribution is -0.137. The van der Waals surface area contributed by atoms with Gasteiger partial charge in [-0.25, -0.2) is 4.31 Å². The Labute approximate surface area is 120 Å². The van der Waals surface area contributed by atoms with Gasteiger partial charge in [0.05, 0.1) is 18.0 Å². The molecular weight excluding hydrogens is 300 g/mol. The second-order valence-electron chi connectivity index (χ2n) is 4.72. The third-order valence-corrected chi connectivity index (χ3v) is 4.74. The van der Waals surface area contributed by atoms with Crippen molar-refractivity contribution in [2.45, 2.75) is 19.4 Å². The van der Waals surface area contributed by atoms with Crippen LogP contribution in [0, 0.1) is 6.92 Å². The molecule has 2 heterocycles. The summed E-state index contributed by atoms with van der Waals surface area (Å²) in [6.07, 6.45) is 0.138. The molecule has 0 N–H and O–H groups in total. The lowest BCUT2D eigenvalue weighted by atomic mass is 9.93. The zero-order chi connectivity index (χ0) is 14.5. The van der Waals surface area contributed by atoms with Crippen LogP contribution < -0.4 is 0 Å². The zero-order valence-corrected chi connectivity index (χ0v) is 12.1. The number of para-hydroxylation sites is 1. The van der Waals surface area contributed by atoms with Crippen molar-refractivity contribution in [2.75, 3.05) is 0 Å². The first kappa shape index (κ1) is 13.3. The van der Waals surface area contributed by atoms with Crippen molar-refractivity contribution in [3.63, 3.8) is 0 Å². The van der Waals surface area contributed by atoms with Gasteiger partial charge < -0.3 is 0 Å². The van der Waals surface area contributed by atoms with Gasteiger partial charge >= 0.3 is 9.24 Å². The van der Waals surface area contributed by atoms with E-state index in [9.17, 15) is 13.2 Å². The number of pyridine rings is 1. The molecule has 3 rings (SSSR count). The maximum Gasteiger partial charge on any atom is 0.324 e. The van der Waals surface area contributed by atoms with Crippen LogP contribution in [0.25, 0.3) is 10.9 Å². The molecule has 5 nitrogen and oxygen atoms in total. The maximum atomic E-state index is 11.5. The van der Waals surface area contributed by atoms with Crippen LogP contribution >= 0.6 is 10.7 Å². The van der Waals surface area contributed by atoms with Gasteiger partial charge in [-0.05, 0) is 24.6 Å².